The van der Waals surface area contributed by atoms with Gasteiger partial charge in [-0.1, -0.05) is 23.3 Å². The molecule has 1 aromatic heterocycles. The Morgan fingerprint density at radius 1 is 1.23 bits per heavy atom. The molecule has 0 radical (unpaired) electrons. The van der Waals surface area contributed by atoms with Crippen molar-refractivity contribution >= 4 is 15.7 Å². The smallest absolute Gasteiger partial charge is 0.335 e. The first-order valence-corrected chi connectivity index (χ1v) is 10.2. The molecule has 7 nitrogen and oxygen atoms in total. The molecular formula is C17H18FN3O4S. The molecule has 1 atom stereocenters. The first-order chi connectivity index (χ1) is 12.5. The fraction of sp³-hybridized carbons (Fsp3) is 0.471. The van der Waals surface area contributed by atoms with Gasteiger partial charge in [0.05, 0.1) is 5.75 Å². The Balaban J connectivity index is 1.55. The molecule has 1 aliphatic carbocycles. The van der Waals surface area contributed by atoms with Gasteiger partial charge in [0.25, 0.3) is 0 Å². The maximum atomic E-state index is 13.7. The summed E-state index contributed by atoms with van der Waals surface area (Å²) in [6.45, 7) is 0.611. The van der Waals surface area contributed by atoms with Crippen molar-refractivity contribution < 1.29 is 22.0 Å². The molecule has 1 saturated heterocycles. The van der Waals surface area contributed by atoms with Gasteiger partial charge in [-0.3, -0.25) is 4.79 Å². The third-order valence-corrected chi connectivity index (χ3v) is 6.13. The van der Waals surface area contributed by atoms with Gasteiger partial charge in [0, 0.05) is 18.0 Å². The maximum absolute atomic E-state index is 13.7. The van der Waals surface area contributed by atoms with Gasteiger partial charge in [-0.05, 0) is 31.7 Å². The molecule has 0 bridgehead atoms. The standard InChI is InChI=1S/C17H18FN3O4S/c18-13-5-2-1-4-12(13)10-26(23,24)17-20-19-15(25-17)14-6-3-9-21(14)16(22)11-7-8-11/h1-2,4-5,11,14H,3,6-10H2/t14-/m0/s1. The largest absolute Gasteiger partial charge is 0.410 e. The van der Waals surface area contributed by atoms with Crippen LogP contribution in [0.4, 0.5) is 4.39 Å². The van der Waals surface area contributed by atoms with Crippen molar-refractivity contribution in [1.82, 2.24) is 15.1 Å². The summed E-state index contributed by atoms with van der Waals surface area (Å²) in [4.78, 5) is 14.1. The average Bonchev–Trinajstić information content (AvgIpc) is 3.13. The van der Waals surface area contributed by atoms with E-state index in [4.69, 9.17) is 4.42 Å². The maximum Gasteiger partial charge on any atom is 0.335 e. The van der Waals surface area contributed by atoms with Crippen molar-refractivity contribution in [2.45, 2.75) is 42.7 Å². The summed E-state index contributed by atoms with van der Waals surface area (Å²) in [5.74, 6) is -0.892. The topological polar surface area (TPSA) is 93.4 Å². The SMILES string of the molecule is O=C(C1CC1)N1CCC[C@H]1c1nnc(S(=O)(=O)Cc2ccccc2F)o1. The number of hydrogen-bond donors (Lipinski definition) is 0. The molecule has 0 N–H and O–H groups in total. The van der Waals surface area contributed by atoms with E-state index in [9.17, 15) is 17.6 Å². The molecule has 1 saturated carbocycles. The lowest BCUT2D eigenvalue weighted by Crippen LogP contribution is -2.31. The summed E-state index contributed by atoms with van der Waals surface area (Å²) in [7, 11) is -3.97. The zero-order valence-electron chi connectivity index (χ0n) is 14.0. The summed E-state index contributed by atoms with van der Waals surface area (Å²) in [5.41, 5.74) is 0.0404. The highest BCUT2D eigenvalue weighted by Gasteiger charge is 2.41. The van der Waals surface area contributed by atoms with Crippen molar-refractivity contribution in [3.63, 3.8) is 0 Å². The molecule has 2 fully saturated rings. The second kappa shape index (κ2) is 6.46. The van der Waals surface area contributed by atoms with E-state index in [1.165, 1.54) is 18.2 Å². The van der Waals surface area contributed by atoms with Crippen LogP contribution in [0.2, 0.25) is 0 Å². The van der Waals surface area contributed by atoms with E-state index in [0.29, 0.717) is 13.0 Å². The number of carbonyl (C=O) groups excluding carboxylic acids is 1. The van der Waals surface area contributed by atoms with Gasteiger partial charge in [-0.15, -0.1) is 5.10 Å². The predicted octanol–water partition coefficient (Wildman–Crippen LogP) is 2.26. The second-order valence-corrected chi connectivity index (χ2v) is 8.59. The van der Waals surface area contributed by atoms with Gasteiger partial charge in [0.15, 0.2) is 0 Å². The van der Waals surface area contributed by atoms with E-state index in [0.717, 1.165) is 19.3 Å². The molecule has 0 spiro atoms. The summed E-state index contributed by atoms with van der Waals surface area (Å²) >= 11 is 0. The molecule has 0 unspecified atom stereocenters. The highest BCUT2D eigenvalue weighted by Crippen LogP contribution is 2.38. The van der Waals surface area contributed by atoms with Crippen molar-refractivity contribution in [1.29, 1.82) is 0 Å². The minimum absolute atomic E-state index is 0.0404. The van der Waals surface area contributed by atoms with E-state index in [1.54, 1.807) is 11.0 Å². The minimum atomic E-state index is -3.97. The van der Waals surface area contributed by atoms with Crippen LogP contribution >= 0.6 is 0 Å². The second-order valence-electron chi connectivity index (χ2n) is 6.72. The fourth-order valence-electron chi connectivity index (χ4n) is 3.21. The van der Waals surface area contributed by atoms with E-state index < -0.39 is 26.6 Å². The number of carbonyl (C=O) groups is 1. The summed E-state index contributed by atoms with van der Waals surface area (Å²) in [6.07, 6.45) is 3.26. The highest BCUT2D eigenvalue weighted by atomic mass is 32.2. The molecule has 2 aromatic rings. The number of likely N-dealkylation sites (tertiary alicyclic amines) is 1. The van der Waals surface area contributed by atoms with E-state index >= 15 is 0 Å². The normalized spacial score (nSPS) is 20.5. The first-order valence-electron chi connectivity index (χ1n) is 8.56. The molecule has 1 aromatic carbocycles. The molecule has 138 valence electrons. The van der Waals surface area contributed by atoms with Crippen LogP contribution in [-0.2, 0) is 20.4 Å². The fourth-order valence-corrected chi connectivity index (χ4v) is 4.36. The Morgan fingerprint density at radius 3 is 2.73 bits per heavy atom. The summed E-state index contributed by atoms with van der Waals surface area (Å²) in [5, 5.41) is 6.96. The van der Waals surface area contributed by atoms with E-state index in [2.05, 4.69) is 10.2 Å². The van der Waals surface area contributed by atoms with Crippen LogP contribution in [0.15, 0.2) is 33.9 Å². The number of aromatic nitrogens is 2. The minimum Gasteiger partial charge on any atom is -0.410 e. The first kappa shape index (κ1) is 17.1. The highest BCUT2D eigenvalue weighted by molar-refractivity contribution is 7.90. The van der Waals surface area contributed by atoms with Gasteiger partial charge >= 0.3 is 5.22 Å². The number of sulfone groups is 1. The Morgan fingerprint density at radius 2 is 2.00 bits per heavy atom. The quantitative estimate of drug-likeness (QED) is 0.791. The lowest BCUT2D eigenvalue weighted by atomic mass is 10.2. The van der Waals surface area contributed by atoms with Crippen molar-refractivity contribution in [2.24, 2.45) is 5.92 Å². The van der Waals surface area contributed by atoms with Crippen LogP contribution < -0.4 is 0 Å². The van der Waals surface area contributed by atoms with Gasteiger partial charge < -0.3 is 9.32 Å². The van der Waals surface area contributed by atoms with Crippen molar-refractivity contribution in [2.75, 3.05) is 6.54 Å². The molecule has 9 heteroatoms. The Hall–Kier alpha value is -2.29. The molecule has 2 aliphatic rings. The van der Waals surface area contributed by atoms with Crippen LogP contribution in [-0.4, -0.2) is 36.0 Å². The van der Waals surface area contributed by atoms with Gasteiger partial charge in [-0.25, -0.2) is 12.8 Å². The van der Waals surface area contributed by atoms with Gasteiger partial charge in [-0.2, -0.15) is 0 Å². The lowest BCUT2D eigenvalue weighted by molar-refractivity contribution is -0.133. The van der Waals surface area contributed by atoms with Crippen LogP contribution in [0.5, 0.6) is 0 Å². The molecule has 26 heavy (non-hydrogen) atoms. The van der Waals surface area contributed by atoms with Crippen LogP contribution in [0.1, 0.15) is 43.2 Å². The third kappa shape index (κ3) is 3.23. The van der Waals surface area contributed by atoms with Crippen LogP contribution in [0.3, 0.4) is 0 Å². The summed E-state index contributed by atoms with van der Waals surface area (Å²) < 4.78 is 44.1. The number of hydrogen-bond acceptors (Lipinski definition) is 6. The Kier molecular flexibility index (Phi) is 4.26. The molecule has 1 amide bonds. The molecule has 2 heterocycles. The number of benzene rings is 1. The monoisotopic (exact) mass is 379 g/mol. The Labute approximate surface area is 150 Å². The van der Waals surface area contributed by atoms with E-state index in [-0.39, 0.29) is 29.3 Å². The third-order valence-electron chi connectivity index (χ3n) is 4.74. The number of nitrogens with zero attached hydrogens (tertiary/aromatic N) is 3. The van der Waals surface area contributed by atoms with Gasteiger partial charge in [0.1, 0.15) is 11.9 Å². The lowest BCUT2D eigenvalue weighted by Gasteiger charge is -2.21. The predicted molar refractivity (Wildman–Crippen MR) is 88.0 cm³/mol. The van der Waals surface area contributed by atoms with E-state index in [1.807, 2.05) is 0 Å². The molecule has 1 aliphatic heterocycles. The number of halogens is 1. The van der Waals surface area contributed by atoms with Crippen molar-refractivity contribution in [3.8, 4) is 0 Å². The van der Waals surface area contributed by atoms with Gasteiger partial charge in [0.2, 0.25) is 21.6 Å². The number of amides is 1. The zero-order valence-corrected chi connectivity index (χ0v) is 14.8. The molecular weight excluding hydrogens is 361 g/mol. The average molecular weight is 379 g/mol. The molecule has 4 rings (SSSR count). The van der Waals surface area contributed by atoms with Crippen molar-refractivity contribution in [3.05, 3.63) is 41.5 Å². The summed E-state index contributed by atoms with van der Waals surface area (Å²) in [6, 6.07) is 5.27. The zero-order chi connectivity index (χ0) is 18.3. The van der Waals surface area contributed by atoms with Crippen LogP contribution in [0.25, 0.3) is 0 Å². The number of rotatable bonds is 5. The van der Waals surface area contributed by atoms with Crippen LogP contribution in [0, 0.1) is 11.7 Å². The Bertz CT molecular complexity index is 939.